The van der Waals surface area contributed by atoms with Crippen molar-refractivity contribution >= 4 is 39.4 Å². The van der Waals surface area contributed by atoms with E-state index in [1.165, 1.54) is 0 Å². The molecule has 0 bridgehead atoms. The molecular weight excluding hydrogens is 276 g/mol. The van der Waals surface area contributed by atoms with Gasteiger partial charge in [-0.15, -0.1) is 0 Å². The van der Waals surface area contributed by atoms with E-state index in [0.29, 0.717) is 5.82 Å². The Morgan fingerprint density at radius 1 is 1.67 bits per heavy atom. The van der Waals surface area contributed by atoms with E-state index < -0.39 is 0 Å². The second-order valence-electron chi connectivity index (χ2n) is 3.41. The van der Waals surface area contributed by atoms with Crippen molar-refractivity contribution < 1.29 is 4.79 Å². The molecule has 0 aromatic carbocycles. The monoisotopic (exact) mass is 286 g/mol. The molecule has 1 saturated heterocycles. The van der Waals surface area contributed by atoms with Gasteiger partial charge in [-0.3, -0.25) is 4.79 Å². The zero-order valence-corrected chi connectivity index (χ0v) is 10.5. The molecule has 1 aromatic rings. The summed E-state index contributed by atoms with van der Waals surface area (Å²) in [6.07, 6.45) is 2.65. The maximum atomic E-state index is 11.7. The number of rotatable bonds is 2. The fourth-order valence-corrected chi connectivity index (χ4v) is 3.00. The molecule has 0 aliphatic carbocycles. The number of nitrogens with zero attached hydrogens (tertiary/aromatic N) is 1. The van der Waals surface area contributed by atoms with Gasteiger partial charge >= 0.3 is 0 Å². The Bertz CT molecular complexity index is 366. The topological polar surface area (TPSA) is 42.0 Å². The zero-order chi connectivity index (χ0) is 10.7. The highest BCUT2D eigenvalue weighted by Gasteiger charge is 2.23. The van der Waals surface area contributed by atoms with E-state index in [1.807, 2.05) is 17.8 Å². The van der Waals surface area contributed by atoms with Crippen LogP contribution in [0.1, 0.15) is 6.42 Å². The van der Waals surface area contributed by atoms with Crippen LogP contribution in [0.3, 0.4) is 0 Å². The highest BCUT2D eigenvalue weighted by atomic mass is 79.9. The van der Waals surface area contributed by atoms with Crippen LogP contribution in [-0.2, 0) is 4.79 Å². The van der Waals surface area contributed by atoms with Crippen LogP contribution in [0.5, 0.6) is 0 Å². The molecule has 2 rings (SSSR count). The van der Waals surface area contributed by atoms with Gasteiger partial charge in [-0.25, -0.2) is 4.98 Å². The number of aromatic nitrogens is 1. The summed E-state index contributed by atoms with van der Waals surface area (Å²) in [6, 6.07) is 3.64. The normalized spacial score (nSPS) is 20.2. The van der Waals surface area contributed by atoms with Crippen molar-refractivity contribution in [1.82, 2.24) is 4.98 Å². The van der Waals surface area contributed by atoms with Crippen LogP contribution in [0.2, 0.25) is 0 Å². The van der Waals surface area contributed by atoms with Gasteiger partial charge in [-0.2, -0.15) is 11.8 Å². The number of hydrogen-bond acceptors (Lipinski definition) is 3. The minimum Gasteiger partial charge on any atom is -0.310 e. The van der Waals surface area contributed by atoms with E-state index >= 15 is 0 Å². The molecule has 15 heavy (non-hydrogen) atoms. The van der Waals surface area contributed by atoms with Gasteiger partial charge in [-0.05, 0) is 24.3 Å². The van der Waals surface area contributed by atoms with Gasteiger partial charge in [0.05, 0.1) is 0 Å². The van der Waals surface area contributed by atoms with Crippen LogP contribution in [0.15, 0.2) is 22.8 Å². The summed E-state index contributed by atoms with van der Waals surface area (Å²) in [4.78, 5) is 15.8. The highest BCUT2D eigenvalue weighted by Crippen LogP contribution is 2.24. The molecule has 3 nitrogen and oxygen atoms in total. The standard InChI is InChI=1S/C10H11BrN2OS/c11-8-1-3-12-9(5-8)13-10(14)7-2-4-15-6-7/h1,3,5,7H,2,4,6H2,(H,12,13,14). The molecule has 0 spiro atoms. The van der Waals surface area contributed by atoms with Gasteiger partial charge in [0.1, 0.15) is 5.82 Å². The second-order valence-corrected chi connectivity index (χ2v) is 5.47. The Morgan fingerprint density at radius 3 is 3.20 bits per heavy atom. The SMILES string of the molecule is O=C(Nc1cc(Br)ccn1)C1CCSC1. The van der Waals surface area contributed by atoms with Crippen LogP contribution in [0.4, 0.5) is 5.82 Å². The summed E-state index contributed by atoms with van der Waals surface area (Å²) in [7, 11) is 0. The first-order chi connectivity index (χ1) is 7.25. The largest absolute Gasteiger partial charge is 0.310 e. The average Bonchev–Trinajstić information content (AvgIpc) is 2.70. The first kappa shape index (κ1) is 11.0. The number of carbonyl (C=O) groups is 1. The molecule has 1 aliphatic heterocycles. The lowest BCUT2D eigenvalue weighted by molar-refractivity contribution is -0.119. The fraction of sp³-hybridized carbons (Fsp3) is 0.400. The Labute approximate surface area is 101 Å². The van der Waals surface area contributed by atoms with E-state index in [2.05, 4.69) is 26.2 Å². The number of pyridine rings is 1. The molecule has 1 amide bonds. The molecule has 1 atom stereocenters. The Hall–Kier alpha value is -0.550. The minimum absolute atomic E-state index is 0.0885. The van der Waals surface area contributed by atoms with Crippen molar-refractivity contribution in [2.75, 3.05) is 16.8 Å². The zero-order valence-electron chi connectivity index (χ0n) is 8.07. The van der Waals surface area contributed by atoms with Crippen LogP contribution >= 0.6 is 27.7 Å². The van der Waals surface area contributed by atoms with Crippen molar-refractivity contribution in [3.63, 3.8) is 0 Å². The number of amides is 1. The summed E-state index contributed by atoms with van der Waals surface area (Å²) in [6.45, 7) is 0. The molecule has 5 heteroatoms. The predicted octanol–water partition coefficient (Wildman–Crippen LogP) is 2.54. The number of hydrogen-bond donors (Lipinski definition) is 1. The van der Waals surface area contributed by atoms with Crippen molar-refractivity contribution in [1.29, 1.82) is 0 Å². The fourth-order valence-electron chi connectivity index (χ4n) is 1.44. The van der Waals surface area contributed by atoms with Crippen molar-refractivity contribution in [2.24, 2.45) is 5.92 Å². The van der Waals surface area contributed by atoms with Crippen LogP contribution in [0, 0.1) is 5.92 Å². The number of thioether (sulfide) groups is 1. The summed E-state index contributed by atoms with van der Waals surface area (Å²) in [5, 5.41) is 2.83. The summed E-state index contributed by atoms with van der Waals surface area (Å²) in [5.41, 5.74) is 0. The third-order valence-corrected chi connectivity index (χ3v) is 3.93. The quantitative estimate of drug-likeness (QED) is 0.909. The van der Waals surface area contributed by atoms with Crippen molar-refractivity contribution in [3.8, 4) is 0 Å². The Morgan fingerprint density at radius 2 is 2.53 bits per heavy atom. The summed E-state index contributed by atoms with van der Waals surface area (Å²) >= 11 is 5.17. The number of halogens is 1. The third kappa shape index (κ3) is 2.95. The van der Waals surface area contributed by atoms with Crippen molar-refractivity contribution in [2.45, 2.75) is 6.42 Å². The summed E-state index contributed by atoms with van der Waals surface area (Å²) < 4.78 is 0.925. The lowest BCUT2D eigenvalue weighted by Crippen LogP contribution is -2.22. The molecule has 1 aromatic heterocycles. The van der Waals surface area contributed by atoms with Gasteiger partial charge in [0.15, 0.2) is 0 Å². The molecule has 2 heterocycles. The lowest BCUT2D eigenvalue weighted by Gasteiger charge is -2.08. The van der Waals surface area contributed by atoms with Crippen LogP contribution < -0.4 is 5.32 Å². The van der Waals surface area contributed by atoms with E-state index in [0.717, 1.165) is 22.4 Å². The van der Waals surface area contributed by atoms with Crippen LogP contribution in [-0.4, -0.2) is 22.4 Å². The average molecular weight is 287 g/mol. The smallest absolute Gasteiger partial charge is 0.229 e. The molecule has 0 saturated carbocycles. The molecular formula is C10H11BrN2OS. The Kier molecular flexibility index (Phi) is 3.64. The maximum Gasteiger partial charge on any atom is 0.229 e. The maximum absolute atomic E-state index is 11.7. The molecule has 1 aliphatic rings. The molecule has 80 valence electrons. The lowest BCUT2D eigenvalue weighted by atomic mass is 10.1. The van der Waals surface area contributed by atoms with Gasteiger partial charge in [0.25, 0.3) is 0 Å². The van der Waals surface area contributed by atoms with Gasteiger partial charge in [0.2, 0.25) is 5.91 Å². The first-order valence-electron chi connectivity index (χ1n) is 4.76. The second kappa shape index (κ2) is 4.99. The van der Waals surface area contributed by atoms with E-state index in [1.54, 1.807) is 12.3 Å². The number of nitrogens with one attached hydrogen (secondary N) is 1. The van der Waals surface area contributed by atoms with Crippen LogP contribution in [0.25, 0.3) is 0 Å². The summed E-state index contributed by atoms with van der Waals surface area (Å²) in [5.74, 6) is 2.87. The predicted molar refractivity (Wildman–Crippen MR) is 66.0 cm³/mol. The van der Waals surface area contributed by atoms with Gasteiger partial charge in [-0.1, -0.05) is 15.9 Å². The number of anilines is 1. The van der Waals surface area contributed by atoms with E-state index in [-0.39, 0.29) is 11.8 Å². The molecule has 1 N–H and O–H groups in total. The van der Waals surface area contributed by atoms with E-state index in [4.69, 9.17) is 0 Å². The molecule has 1 unspecified atom stereocenters. The van der Waals surface area contributed by atoms with Gasteiger partial charge < -0.3 is 5.32 Å². The minimum atomic E-state index is 0.0885. The molecule has 1 fully saturated rings. The van der Waals surface area contributed by atoms with Crippen molar-refractivity contribution in [3.05, 3.63) is 22.8 Å². The third-order valence-electron chi connectivity index (χ3n) is 2.27. The first-order valence-corrected chi connectivity index (χ1v) is 6.70. The Balaban J connectivity index is 1.99. The van der Waals surface area contributed by atoms with Gasteiger partial charge in [0, 0.05) is 22.3 Å². The molecule has 0 radical (unpaired) electrons. The van der Waals surface area contributed by atoms with E-state index in [9.17, 15) is 4.79 Å². The number of carbonyl (C=O) groups excluding carboxylic acids is 1. The highest BCUT2D eigenvalue weighted by molar-refractivity contribution is 9.10.